The summed E-state index contributed by atoms with van der Waals surface area (Å²) in [4.78, 5) is 29.1. The molecular weight excluding hydrogens is 550 g/mol. The lowest BCUT2D eigenvalue weighted by Gasteiger charge is -2.33. The van der Waals surface area contributed by atoms with Crippen molar-refractivity contribution in [3.63, 3.8) is 0 Å². The third kappa shape index (κ3) is 7.50. The lowest BCUT2D eigenvalue weighted by Crippen LogP contribution is -2.53. The lowest BCUT2D eigenvalue weighted by atomic mass is 9.95. The van der Waals surface area contributed by atoms with Gasteiger partial charge in [0, 0.05) is 12.6 Å². The van der Waals surface area contributed by atoms with Gasteiger partial charge in [0.05, 0.1) is 17.7 Å². The second kappa shape index (κ2) is 13.9. The minimum atomic E-state index is -4.09. The van der Waals surface area contributed by atoms with Crippen LogP contribution in [0.4, 0.5) is 5.69 Å². The Kier molecular flexibility index (Phi) is 10.3. The first-order valence-electron chi connectivity index (χ1n) is 14.5. The first-order valence-corrected chi connectivity index (χ1v) is 15.9. The summed E-state index contributed by atoms with van der Waals surface area (Å²) in [6.07, 6.45) is 5.13. The predicted octanol–water partition coefficient (Wildman–Crippen LogP) is 5.37. The number of ether oxygens (including phenoxy) is 1. The van der Waals surface area contributed by atoms with Crippen LogP contribution in [0, 0.1) is 13.8 Å². The predicted molar refractivity (Wildman–Crippen MR) is 165 cm³/mol. The summed E-state index contributed by atoms with van der Waals surface area (Å²) in [5.74, 6) is -0.0446. The number of hydrogen-bond donors (Lipinski definition) is 1. The van der Waals surface area contributed by atoms with Gasteiger partial charge in [-0.25, -0.2) is 8.42 Å². The molecule has 1 N–H and O–H groups in total. The fraction of sp³-hybridized carbons (Fsp3) is 0.394. The number of anilines is 1. The number of benzene rings is 3. The van der Waals surface area contributed by atoms with Gasteiger partial charge in [-0.15, -0.1) is 0 Å². The maximum atomic E-state index is 14.1. The zero-order chi connectivity index (χ0) is 30.3. The zero-order valence-corrected chi connectivity index (χ0v) is 25.7. The van der Waals surface area contributed by atoms with Crippen LogP contribution in [0.1, 0.15) is 55.7 Å². The van der Waals surface area contributed by atoms with Crippen molar-refractivity contribution in [2.45, 2.75) is 76.4 Å². The van der Waals surface area contributed by atoms with Gasteiger partial charge in [0.15, 0.2) is 0 Å². The first kappa shape index (κ1) is 31.1. The lowest BCUT2D eigenvalue weighted by molar-refractivity contribution is -0.139. The van der Waals surface area contributed by atoms with Gasteiger partial charge >= 0.3 is 0 Å². The van der Waals surface area contributed by atoms with Crippen molar-refractivity contribution in [2.75, 3.05) is 18.0 Å². The Morgan fingerprint density at radius 3 is 2.21 bits per heavy atom. The molecule has 1 fully saturated rings. The molecule has 0 heterocycles. The van der Waals surface area contributed by atoms with E-state index in [1.54, 1.807) is 56.5 Å². The van der Waals surface area contributed by atoms with Crippen LogP contribution in [0.3, 0.4) is 0 Å². The summed E-state index contributed by atoms with van der Waals surface area (Å²) < 4.78 is 34.3. The molecule has 9 heteroatoms. The number of amides is 2. The molecule has 1 aliphatic carbocycles. The number of carbonyl (C=O) groups excluding carboxylic acids is 2. The zero-order valence-electron chi connectivity index (χ0n) is 24.9. The highest BCUT2D eigenvalue weighted by molar-refractivity contribution is 7.92. The Balaban J connectivity index is 1.68. The van der Waals surface area contributed by atoms with Crippen LogP contribution >= 0.6 is 0 Å². The summed E-state index contributed by atoms with van der Waals surface area (Å²) in [6, 6.07) is 20.0. The number of nitrogens with zero attached hydrogens (tertiary/aromatic N) is 2. The van der Waals surface area contributed by atoms with Crippen molar-refractivity contribution in [1.29, 1.82) is 0 Å². The van der Waals surface area contributed by atoms with Gasteiger partial charge in [-0.05, 0) is 86.7 Å². The van der Waals surface area contributed by atoms with E-state index in [1.807, 2.05) is 32.0 Å². The summed E-state index contributed by atoms with van der Waals surface area (Å²) >= 11 is 0. The number of rotatable bonds is 11. The molecule has 0 radical (unpaired) electrons. The monoisotopic (exact) mass is 591 g/mol. The highest BCUT2D eigenvalue weighted by atomic mass is 32.2. The van der Waals surface area contributed by atoms with Gasteiger partial charge in [0.2, 0.25) is 11.8 Å². The third-order valence-electron chi connectivity index (χ3n) is 8.02. The van der Waals surface area contributed by atoms with Crippen molar-refractivity contribution in [2.24, 2.45) is 0 Å². The minimum absolute atomic E-state index is 0.0807. The van der Waals surface area contributed by atoms with Crippen LogP contribution in [-0.4, -0.2) is 50.9 Å². The van der Waals surface area contributed by atoms with Gasteiger partial charge in [-0.1, -0.05) is 55.7 Å². The van der Waals surface area contributed by atoms with E-state index < -0.39 is 28.5 Å². The fourth-order valence-corrected chi connectivity index (χ4v) is 6.64. The van der Waals surface area contributed by atoms with E-state index in [2.05, 4.69) is 5.32 Å². The normalized spacial score (nSPS) is 14.6. The number of aryl methyl sites for hydroxylation is 2. The van der Waals surface area contributed by atoms with Crippen molar-refractivity contribution in [3.05, 3.63) is 89.5 Å². The van der Waals surface area contributed by atoms with Gasteiger partial charge in [0.1, 0.15) is 18.3 Å². The smallest absolute Gasteiger partial charge is 0.264 e. The number of carbonyl (C=O) groups is 2. The molecule has 1 saturated carbocycles. The highest BCUT2D eigenvalue weighted by Gasteiger charge is 2.33. The molecular formula is C33H41N3O5S. The largest absolute Gasteiger partial charge is 0.497 e. The van der Waals surface area contributed by atoms with E-state index in [1.165, 1.54) is 17.0 Å². The topological polar surface area (TPSA) is 96.0 Å². The fourth-order valence-electron chi connectivity index (χ4n) is 5.21. The Labute approximate surface area is 249 Å². The molecule has 1 aliphatic rings. The molecule has 0 bridgehead atoms. The van der Waals surface area contributed by atoms with E-state index in [9.17, 15) is 18.0 Å². The number of nitrogens with one attached hydrogen (secondary N) is 1. The third-order valence-corrected chi connectivity index (χ3v) is 9.81. The van der Waals surface area contributed by atoms with Crippen LogP contribution in [-0.2, 0) is 26.2 Å². The highest BCUT2D eigenvalue weighted by Crippen LogP contribution is 2.27. The number of hydrogen-bond acceptors (Lipinski definition) is 5. The first-order chi connectivity index (χ1) is 20.1. The van der Waals surface area contributed by atoms with Crippen LogP contribution in [0.5, 0.6) is 5.75 Å². The van der Waals surface area contributed by atoms with Gasteiger partial charge < -0.3 is 15.0 Å². The summed E-state index contributed by atoms with van der Waals surface area (Å²) in [5, 5.41) is 3.13. The molecule has 0 aliphatic heterocycles. The summed E-state index contributed by atoms with van der Waals surface area (Å²) in [6.45, 7) is 5.22. The average Bonchev–Trinajstić information content (AvgIpc) is 3.00. The van der Waals surface area contributed by atoms with E-state index in [4.69, 9.17) is 4.74 Å². The molecule has 0 spiro atoms. The molecule has 0 aromatic heterocycles. The molecule has 0 unspecified atom stereocenters. The van der Waals surface area contributed by atoms with Gasteiger partial charge in [0.25, 0.3) is 10.0 Å². The SMILES string of the molecule is COc1ccc(CN(C(=O)CN(c2ccc(C)c(C)c2)S(=O)(=O)c2ccccc2)[C@@H](C)C(=O)NC2CCCCC2)cc1. The second-order valence-electron chi connectivity index (χ2n) is 11.0. The number of methoxy groups -OCH3 is 1. The van der Waals surface area contributed by atoms with Crippen molar-refractivity contribution >= 4 is 27.5 Å². The summed E-state index contributed by atoms with van der Waals surface area (Å²) in [7, 11) is -2.51. The molecule has 0 saturated heterocycles. The molecule has 3 aromatic carbocycles. The van der Waals surface area contributed by atoms with E-state index >= 15 is 0 Å². The molecule has 42 heavy (non-hydrogen) atoms. The van der Waals surface area contributed by atoms with Gasteiger partial charge in [-0.2, -0.15) is 0 Å². The van der Waals surface area contributed by atoms with Crippen LogP contribution in [0.2, 0.25) is 0 Å². The standard InChI is InChI=1S/C33H41N3O5S/c1-24-15-18-29(21-25(24)2)36(42(39,40)31-13-9-6-10-14-31)23-32(37)35(22-27-16-19-30(41-4)20-17-27)26(3)33(38)34-28-11-7-5-8-12-28/h6,9-10,13-21,26,28H,5,7-8,11-12,22-23H2,1-4H3,(H,34,38)/t26-/m0/s1. The molecule has 1 atom stereocenters. The Hall–Kier alpha value is -3.85. The molecule has 3 aromatic rings. The average molecular weight is 592 g/mol. The van der Waals surface area contributed by atoms with E-state index in [-0.39, 0.29) is 23.4 Å². The van der Waals surface area contributed by atoms with Crippen LogP contribution in [0.25, 0.3) is 0 Å². The molecule has 4 rings (SSSR count). The van der Waals surface area contributed by atoms with Gasteiger partial charge in [-0.3, -0.25) is 13.9 Å². The molecule has 224 valence electrons. The molecule has 2 amide bonds. The van der Waals surface area contributed by atoms with Crippen molar-refractivity contribution in [3.8, 4) is 5.75 Å². The Bertz CT molecular complexity index is 1470. The van der Waals surface area contributed by atoms with Crippen LogP contribution in [0.15, 0.2) is 77.7 Å². The Morgan fingerprint density at radius 2 is 1.60 bits per heavy atom. The van der Waals surface area contributed by atoms with Crippen molar-refractivity contribution < 1.29 is 22.7 Å². The van der Waals surface area contributed by atoms with E-state index in [0.29, 0.717) is 11.4 Å². The maximum Gasteiger partial charge on any atom is 0.264 e. The van der Waals surface area contributed by atoms with E-state index in [0.717, 1.165) is 53.1 Å². The van der Waals surface area contributed by atoms with Crippen molar-refractivity contribution in [1.82, 2.24) is 10.2 Å². The summed E-state index contributed by atoms with van der Waals surface area (Å²) in [5.41, 5.74) is 3.10. The minimum Gasteiger partial charge on any atom is -0.497 e. The molecule has 8 nitrogen and oxygen atoms in total. The quantitative estimate of drug-likeness (QED) is 0.323. The Morgan fingerprint density at radius 1 is 0.929 bits per heavy atom. The number of sulfonamides is 1. The second-order valence-corrected chi connectivity index (χ2v) is 12.8. The maximum absolute atomic E-state index is 14.1. The van der Waals surface area contributed by atoms with Crippen LogP contribution < -0.4 is 14.4 Å².